The van der Waals surface area contributed by atoms with E-state index in [-0.39, 0.29) is 10.6 Å². The van der Waals surface area contributed by atoms with Gasteiger partial charge in [-0.25, -0.2) is 8.42 Å². The van der Waals surface area contributed by atoms with E-state index in [1.807, 2.05) is 19.1 Å². The molecule has 0 aliphatic heterocycles. The highest BCUT2D eigenvalue weighted by Gasteiger charge is 2.24. The summed E-state index contributed by atoms with van der Waals surface area (Å²) in [5.41, 5.74) is 1.35. The molecule has 1 N–H and O–H groups in total. The predicted octanol–water partition coefficient (Wildman–Crippen LogP) is 2.42. The second kappa shape index (κ2) is 8.07. The number of carbonyl (C=O) groups excluding carboxylic acids is 1. The van der Waals surface area contributed by atoms with E-state index < -0.39 is 27.4 Å². The molecule has 2 rings (SSSR count). The Morgan fingerprint density at radius 2 is 1.85 bits per heavy atom. The number of carbonyl (C=O) groups is 1. The summed E-state index contributed by atoms with van der Waals surface area (Å²) < 4.78 is 25.9. The Labute approximate surface area is 151 Å². The van der Waals surface area contributed by atoms with E-state index in [1.165, 1.54) is 25.2 Å². The number of rotatable bonds is 7. The summed E-state index contributed by atoms with van der Waals surface area (Å²) in [4.78, 5) is 22.0. The lowest BCUT2D eigenvalue weighted by atomic mass is 10.1. The number of aryl methyl sites for hydroxylation is 1. The second-order valence-corrected chi connectivity index (χ2v) is 7.66. The van der Waals surface area contributed by atoms with Crippen molar-refractivity contribution in [1.82, 2.24) is 4.31 Å². The zero-order valence-corrected chi connectivity index (χ0v) is 15.2. The number of amides is 1. The zero-order chi connectivity index (χ0) is 19.3. The molecule has 26 heavy (non-hydrogen) atoms. The number of hydrogen-bond acceptors (Lipinski definition) is 5. The van der Waals surface area contributed by atoms with Gasteiger partial charge in [-0.05, 0) is 30.2 Å². The average Bonchev–Trinajstić information content (AvgIpc) is 2.62. The van der Waals surface area contributed by atoms with Crippen molar-refractivity contribution in [3.05, 3.63) is 64.2 Å². The van der Waals surface area contributed by atoms with Crippen LogP contribution in [0.25, 0.3) is 0 Å². The van der Waals surface area contributed by atoms with Gasteiger partial charge in [-0.15, -0.1) is 0 Å². The number of hydrogen-bond donors (Lipinski definition) is 1. The molecule has 2 aromatic rings. The van der Waals surface area contributed by atoms with E-state index in [4.69, 9.17) is 0 Å². The summed E-state index contributed by atoms with van der Waals surface area (Å²) in [5.74, 6) is -0.509. The van der Waals surface area contributed by atoms with Crippen LogP contribution in [0.1, 0.15) is 12.5 Å². The Hall–Kier alpha value is -2.78. The number of nitrogens with zero attached hydrogens (tertiary/aromatic N) is 2. The van der Waals surface area contributed by atoms with Crippen molar-refractivity contribution in [2.45, 2.75) is 18.2 Å². The lowest BCUT2D eigenvalue weighted by Gasteiger charge is -2.17. The van der Waals surface area contributed by atoms with E-state index >= 15 is 0 Å². The molecular formula is C17H19N3O5S. The van der Waals surface area contributed by atoms with Crippen molar-refractivity contribution in [2.24, 2.45) is 0 Å². The maximum absolute atomic E-state index is 12.5. The average molecular weight is 377 g/mol. The first-order chi connectivity index (χ1) is 12.2. The van der Waals surface area contributed by atoms with Crippen LogP contribution in [0.5, 0.6) is 0 Å². The van der Waals surface area contributed by atoms with Crippen molar-refractivity contribution >= 4 is 27.3 Å². The third-order valence-corrected chi connectivity index (χ3v) is 5.55. The quantitative estimate of drug-likeness (QED) is 0.589. The Balaban J connectivity index is 2.09. The molecule has 0 atom stereocenters. The lowest BCUT2D eigenvalue weighted by Crippen LogP contribution is -2.35. The third kappa shape index (κ3) is 4.64. The highest BCUT2D eigenvalue weighted by Crippen LogP contribution is 2.20. The van der Waals surface area contributed by atoms with Gasteiger partial charge in [0.25, 0.3) is 5.69 Å². The van der Waals surface area contributed by atoms with Gasteiger partial charge in [0.05, 0.1) is 16.4 Å². The van der Waals surface area contributed by atoms with Crippen molar-refractivity contribution in [3.8, 4) is 0 Å². The van der Waals surface area contributed by atoms with Gasteiger partial charge in [-0.3, -0.25) is 14.9 Å². The molecule has 0 radical (unpaired) electrons. The fourth-order valence-electron chi connectivity index (χ4n) is 2.25. The number of sulfonamides is 1. The van der Waals surface area contributed by atoms with E-state index in [9.17, 15) is 23.3 Å². The summed E-state index contributed by atoms with van der Waals surface area (Å²) in [7, 11) is -2.78. The number of anilines is 1. The standard InChI is InChI=1S/C17H19N3O5S/c1-3-13-7-9-14(10-8-13)18-17(21)12-19(2)26(24,25)16-6-4-5-15(11-16)20(22)23/h4-11H,3,12H2,1-2H3,(H,18,21). The molecule has 138 valence electrons. The Kier molecular flexibility index (Phi) is 6.06. The van der Waals surface area contributed by atoms with Gasteiger partial charge in [0, 0.05) is 24.9 Å². The number of benzene rings is 2. The largest absolute Gasteiger partial charge is 0.325 e. The molecule has 0 saturated carbocycles. The van der Waals surface area contributed by atoms with E-state index in [0.717, 1.165) is 22.4 Å². The first-order valence-electron chi connectivity index (χ1n) is 7.83. The van der Waals surface area contributed by atoms with Crippen LogP contribution < -0.4 is 5.32 Å². The summed E-state index contributed by atoms with van der Waals surface area (Å²) in [6, 6.07) is 11.9. The Bertz CT molecular complexity index is 910. The van der Waals surface area contributed by atoms with Gasteiger partial charge in [-0.2, -0.15) is 4.31 Å². The van der Waals surface area contributed by atoms with Crippen LogP contribution in [0.3, 0.4) is 0 Å². The molecule has 2 aromatic carbocycles. The van der Waals surface area contributed by atoms with Crippen LogP contribution in [0.4, 0.5) is 11.4 Å². The SMILES string of the molecule is CCc1ccc(NC(=O)CN(C)S(=O)(=O)c2cccc([N+](=O)[O-])c2)cc1. The summed E-state index contributed by atoms with van der Waals surface area (Å²) in [5, 5.41) is 13.4. The van der Waals surface area contributed by atoms with Crippen LogP contribution in [-0.2, 0) is 21.2 Å². The van der Waals surface area contributed by atoms with Crippen molar-refractivity contribution in [3.63, 3.8) is 0 Å². The number of nitro groups is 1. The van der Waals surface area contributed by atoms with Gasteiger partial charge in [0.2, 0.25) is 15.9 Å². The van der Waals surface area contributed by atoms with Crippen LogP contribution >= 0.6 is 0 Å². The molecule has 0 unspecified atom stereocenters. The van der Waals surface area contributed by atoms with E-state index in [1.54, 1.807) is 12.1 Å². The fourth-order valence-corrected chi connectivity index (χ4v) is 3.42. The maximum atomic E-state index is 12.5. The summed E-state index contributed by atoms with van der Waals surface area (Å²) >= 11 is 0. The van der Waals surface area contributed by atoms with Gasteiger partial charge in [0.1, 0.15) is 0 Å². The summed E-state index contributed by atoms with van der Waals surface area (Å²) in [6.45, 7) is 1.60. The molecule has 0 aliphatic carbocycles. The van der Waals surface area contributed by atoms with Crippen molar-refractivity contribution in [1.29, 1.82) is 0 Å². The molecular weight excluding hydrogens is 358 g/mol. The molecule has 1 amide bonds. The summed E-state index contributed by atoms with van der Waals surface area (Å²) in [6.07, 6.45) is 0.873. The molecule has 0 fully saturated rings. The maximum Gasteiger partial charge on any atom is 0.270 e. The van der Waals surface area contributed by atoms with Gasteiger partial charge < -0.3 is 5.32 Å². The monoisotopic (exact) mass is 377 g/mol. The molecule has 0 aromatic heterocycles. The minimum Gasteiger partial charge on any atom is -0.325 e. The Morgan fingerprint density at radius 1 is 1.19 bits per heavy atom. The number of nitro benzene ring substituents is 1. The van der Waals surface area contributed by atoms with E-state index in [0.29, 0.717) is 5.69 Å². The highest BCUT2D eigenvalue weighted by molar-refractivity contribution is 7.89. The predicted molar refractivity (Wildman–Crippen MR) is 97.4 cm³/mol. The zero-order valence-electron chi connectivity index (χ0n) is 14.4. The molecule has 8 nitrogen and oxygen atoms in total. The number of nitrogens with one attached hydrogen (secondary N) is 1. The topological polar surface area (TPSA) is 110 Å². The van der Waals surface area contributed by atoms with Gasteiger partial charge >= 0.3 is 0 Å². The number of non-ortho nitro benzene ring substituents is 1. The normalized spacial score (nSPS) is 11.3. The molecule has 0 saturated heterocycles. The van der Waals surface area contributed by atoms with Gasteiger partial charge in [-0.1, -0.05) is 25.1 Å². The Morgan fingerprint density at radius 3 is 2.42 bits per heavy atom. The van der Waals surface area contributed by atoms with Crippen LogP contribution in [-0.4, -0.2) is 37.1 Å². The minimum atomic E-state index is -4.02. The molecule has 0 spiro atoms. The first-order valence-corrected chi connectivity index (χ1v) is 9.27. The van der Waals surface area contributed by atoms with Crippen LogP contribution in [0.2, 0.25) is 0 Å². The third-order valence-electron chi connectivity index (χ3n) is 3.75. The minimum absolute atomic E-state index is 0.241. The molecule has 0 bridgehead atoms. The highest BCUT2D eigenvalue weighted by atomic mass is 32.2. The molecule has 0 aliphatic rings. The number of likely N-dealkylation sites (N-methyl/N-ethyl adjacent to an activating group) is 1. The lowest BCUT2D eigenvalue weighted by molar-refractivity contribution is -0.385. The van der Waals surface area contributed by atoms with Crippen LogP contribution in [0, 0.1) is 10.1 Å². The van der Waals surface area contributed by atoms with E-state index in [2.05, 4.69) is 5.32 Å². The molecule has 0 heterocycles. The van der Waals surface area contributed by atoms with Crippen molar-refractivity contribution in [2.75, 3.05) is 18.9 Å². The van der Waals surface area contributed by atoms with Crippen LogP contribution in [0.15, 0.2) is 53.4 Å². The van der Waals surface area contributed by atoms with Crippen molar-refractivity contribution < 1.29 is 18.1 Å². The molecule has 9 heteroatoms. The van der Waals surface area contributed by atoms with Gasteiger partial charge in [0.15, 0.2) is 0 Å². The smallest absolute Gasteiger partial charge is 0.270 e. The second-order valence-electron chi connectivity index (χ2n) is 5.61. The fraction of sp³-hybridized carbons (Fsp3) is 0.235. The first kappa shape index (κ1) is 19.5.